The first kappa shape index (κ1) is 15.4. The van der Waals surface area contributed by atoms with Gasteiger partial charge in [0.1, 0.15) is 0 Å². The maximum atomic E-state index is 13.5. The van der Waals surface area contributed by atoms with E-state index in [0.717, 1.165) is 11.6 Å². The van der Waals surface area contributed by atoms with Crippen LogP contribution in [0.2, 0.25) is 0 Å². The standard InChI is InChI=1S/C16H13F2N3O/c1-21(10-12-5-2-4-11(8-12)9-19)16(22)20-14-7-3-6-13(17)15(14)18/h2-8H,10H2,1H3,(H,20,22). The molecule has 1 N–H and O–H groups in total. The van der Waals surface area contributed by atoms with Crippen molar-refractivity contribution in [3.05, 3.63) is 65.2 Å². The summed E-state index contributed by atoms with van der Waals surface area (Å²) in [6.07, 6.45) is 0. The molecule has 0 radical (unpaired) electrons. The minimum atomic E-state index is -1.10. The monoisotopic (exact) mass is 301 g/mol. The summed E-state index contributed by atoms with van der Waals surface area (Å²) in [5.41, 5.74) is 1.03. The van der Waals surface area contributed by atoms with E-state index in [1.165, 1.54) is 24.1 Å². The quantitative estimate of drug-likeness (QED) is 0.943. The number of nitrogens with zero attached hydrogens (tertiary/aromatic N) is 2. The molecule has 0 aliphatic carbocycles. The van der Waals surface area contributed by atoms with E-state index < -0.39 is 17.7 Å². The van der Waals surface area contributed by atoms with Gasteiger partial charge in [-0.25, -0.2) is 13.6 Å². The molecule has 2 amide bonds. The Morgan fingerprint density at radius 2 is 2.00 bits per heavy atom. The summed E-state index contributed by atoms with van der Waals surface area (Å²) in [7, 11) is 1.52. The van der Waals surface area contributed by atoms with E-state index in [-0.39, 0.29) is 12.2 Å². The van der Waals surface area contributed by atoms with Gasteiger partial charge in [0.25, 0.3) is 0 Å². The van der Waals surface area contributed by atoms with Crippen LogP contribution in [-0.2, 0) is 6.54 Å². The van der Waals surface area contributed by atoms with Gasteiger partial charge in [-0.05, 0) is 29.8 Å². The molecule has 6 heteroatoms. The van der Waals surface area contributed by atoms with Gasteiger partial charge in [-0.3, -0.25) is 0 Å². The van der Waals surface area contributed by atoms with Crippen molar-refractivity contribution in [3.63, 3.8) is 0 Å². The molecule has 0 aliphatic heterocycles. The summed E-state index contributed by atoms with van der Waals surface area (Å²) in [6.45, 7) is 0.234. The summed E-state index contributed by atoms with van der Waals surface area (Å²) < 4.78 is 26.6. The number of carbonyl (C=O) groups excluding carboxylic acids is 1. The molecular weight excluding hydrogens is 288 g/mol. The highest BCUT2D eigenvalue weighted by Crippen LogP contribution is 2.17. The van der Waals surface area contributed by atoms with E-state index in [2.05, 4.69) is 5.32 Å². The second-order valence-corrected chi connectivity index (χ2v) is 4.70. The van der Waals surface area contributed by atoms with Gasteiger partial charge >= 0.3 is 6.03 Å². The van der Waals surface area contributed by atoms with Gasteiger partial charge in [0.05, 0.1) is 17.3 Å². The Morgan fingerprint density at radius 3 is 2.73 bits per heavy atom. The molecule has 0 aromatic heterocycles. The Hall–Kier alpha value is -2.94. The summed E-state index contributed by atoms with van der Waals surface area (Å²) in [5.74, 6) is -2.13. The molecule has 0 saturated carbocycles. The van der Waals surface area contributed by atoms with Crippen LogP contribution in [0.15, 0.2) is 42.5 Å². The molecule has 2 rings (SSSR count). The van der Waals surface area contributed by atoms with Crippen molar-refractivity contribution in [2.75, 3.05) is 12.4 Å². The van der Waals surface area contributed by atoms with Crippen LogP contribution in [-0.4, -0.2) is 18.0 Å². The second kappa shape index (κ2) is 6.68. The predicted molar refractivity (Wildman–Crippen MR) is 78.0 cm³/mol. The number of halogens is 2. The lowest BCUT2D eigenvalue weighted by Crippen LogP contribution is -2.31. The lowest BCUT2D eigenvalue weighted by Gasteiger charge is -2.18. The fourth-order valence-electron chi connectivity index (χ4n) is 1.90. The van der Waals surface area contributed by atoms with Gasteiger partial charge in [0, 0.05) is 13.6 Å². The van der Waals surface area contributed by atoms with Crippen molar-refractivity contribution in [2.24, 2.45) is 0 Å². The average Bonchev–Trinajstić information content (AvgIpc) is 2.52. The number of hydrogen-bond donors (Lipinski definition) is 1. The highest BCUT2D eigenvalue weighted by Gasteiger charge is 2.14. The molecule has 0 heterocycles. The molecule has 0 aliphatic rings. The molecule has 112 valence electrons. The van der Waals surface area contributed by atoms with E-state index in [9.17, 15) is 13.6 Å². The van der Waals surface area contributed by atoms with Crippen molar-refractivity contribution >= 4 is 11.7 Å². The maximum absolute atomic E-state index is 13.5. The normalized spacial score (nSPS) is 9.91. The third-order valence-corrected chi connectivity index (χ3v) is 3.02. The number of nitrogens with one attached hydrogen (secondary N) is 1. The molecule has 0 saturated heterocycles. The molecule has 0 spiro atoms. The summed E-state index contributed by atoms with van der Waals surface area (Å²) in [5, 5.41) is 11.1. The van der Waals surface area contributed by atoms with E-state index in [1.807, 2.05) is 6.07 Å². The highest BCUT2D eigenvalue weighted by molar-refractivity contribution is 5.89. The van der Waals surface area contributed by atoms with Crippen LogP contribution < -0.4 is 5.32 Å². The van der Waals surface area contributed by atoms with Crippen molar-refractivity contribution in [3.8, 4) is 6.07 Å². The Balaban J connectivity index is 2.06. The zero-order valence-electron chi connectivity index (χ0n) is 11.8. The average molecular weight is 301 g/mol. The van der Waals surface area contributed by atoms with E-state index in [0.29, 0.717) is 5.56 Å². The molecule has 0 fully saturated rings. The van der Waals surface area contributed by atoms with Crippen LogP contribution >= 0.6 is 0 Å². The molecule has 0 bridgehead atoms. The summed E-state index contributed by atoms with van der Waals surface area (Å²) >= 11 is 0. The van der Waals surface area contributed by atoms with E-state index in [4.69, 9.17) is 5.26 Å². The van der Waals surface area contributed by atoms with Gasteiger partial charge in [-0.15, -0.1) is 0 Å². The van der Waals surface area contributed by atoms with Crippen molar-refractivity contribution in [1.29, 1.82) is 5.26 Å². The van der Waals surface area contributed by atoms with Crippen LogP contribution in [0.25, 0.3) is 0 Å². The molecule has 2 aromatic carbocycles. The van der Waals surface area contributed by atoms with Crippen LogP contribution in [0.5, 0.6) is 0 Å². The third-order valence-electron chi connectivity index (χ3n) is 3.02. The van der Waals surface area contributed by atoms with Gasteiger partial charge < -0.3 is 10.2 Å². The minimum absolute atomic E-state index is 0.220. The molecule has 22 heavy (non-hydrogen) atoms. The second-order valence-electron chi connectivity index (χ2n) is 4.70. The first-order valence-electron chi connectivity index (χ1n) is 6.46. The first-order valence-corrected chi connectivity index (χ1v) is 6.46. The third kappa shape index (κ3) is 3.58. The minimum Gasteiger partial charge on any atom is -0.323 e. The number of benzene rings is 2. The lowest BCUT2D eigenvalue weighted by atomic mass is 10.1. The van der Waals surface area contributed by atoms with E-state index in [1.54, 1.807) is 24.3 Å². The predicted octanol–water partition coefficient (Wildman–Crippen LogP) is 3.50. The maximum Gasteiger partial charge on any atom is 0.321 e. The van der Waals surface area contributed by atoms with Crippen LogP contribution in [0, 0.1) is 23.0 Å². The largest absolute Gasteiger partial charge is 0.323 e. The number of amides is 2. The number of urea groups is 1. The number of rotatable bonds is 3. The summed E-state index contributed by atoms with van der Waals surface area (Å²) in [6, 6.07) is 11.8. The number of carbonyl (C=O) groups is 1. The fourth-order valence-corrected chi connectivity index (χ4v) is 1.90. The van der Waals surface area contributed by atoms with Gasteiger partial charge in [-0.1, -0.05) is 18.2 Å². The Labute approximate surface area is 126 Å². The van der Waals surface area contributed by atoms with Gasteiger partial charge in [0.15, 0.2) is 11.6 Å². The SMILES string of the molecule is CN(Cc1cccc(C#N)c1)C(=O)Nc1cccc(F)c1F. The Morgan fingerprint density at radius 1 is 1.27 bits per heavy atom. The van der Waals surface area contributed by atoms with Gasteiger partial charge in [-0.2, -0.15) is 5.26 Å². The van der Waals surface area contributed by atoms with Gasteiger partial charge in [0.2, 0.25) is 0 Å². The molecule has 0 unspecified atom stereocenters. The van der Waals surface area contributed by atoms with Crippen LogP contribution in [0.3, 0.4) is 0 Å². The molecule has 0 atom stereocenters. The number of nitriles is 1. The zero-order chi connectivity index (χ0) is 16.1. The number of hydrogen-bond acceptors (Lipinski definition) is 2. The van der Waals surface area contributed by atoms with Crippen LogP contribution in [0.4, 0.5) is 19.3 Å². The fraction of sp³-hybridized carbons (Fsp3) is 0.125. The lowest BCUT2D eigenvalue weighted by molar-refractivity contribution is 0.220. The zero-order valence-corrected chi connectivity index (χ0v) is 11.8. The first-order chi connectivity index (χ1) is 10.5. The summed E-state index contributed by atoms with van der Waals surface area (Å²) in [4.78, 5) is 13.3. The topological polar surface area (TPSA) is 56.1 Å². The molecular formula is C16H13F2N3O. The highest BCUT2D eigenvalue weighted by atomic mass is 19.2. The van der Waals surface area contributed by atoms with Crippen molar-refractivity contribution < 1.29 is 13.6 Å². The van der Waals surface area contributed by atoms with Crippen LogP contribution in [0.1, 0.15) is 11.1 Å². The molecule has 2 aromatic rings. The van der Waals surface area contributed by atoms with Crippen molar-refractivity contribution in [2.45, 2.75) is 6.54 Å². The Bertz CT molecular complexity index is 740. The smallest absolute Gasteiger partial charge is 0.321 e. The van der Waals surface area contributed by atoms with Crippen molar-refractivity contribution in [1.82, 2.24) is 4.90 Å². The molecule has 4 nitrogen and oxygen atoms in total. The Kier molecular flexibility index (Phi) is 4.69. The number of anilines is 1. The van der Waals surface area contributed by atoms with E-state index >= 15 is 0 Å².